The molecule has 31 heavy (non-hydrogen) atoms. The Morgan fingerprint density at radius 3 is 2.61 bits per heavy atom. The van der Waals surface area contributed by atoms with E-state index in [1.165, 1.54) is 0 Å². The molecule has 0 radical (unpaired) electrons. The van der Waals surface area contributed by atoms with Gasteiger partial charge in [-0.05, 0) is 53.8 Å². The number of para-hydroxylation sites is 1. The highest BCUT2D eigenvalue weighted by molar-refractivity contribution is 6.04. The lowest BCUT2D eigenvalue weighted by Crippen LogP contribution is -2.26. The van der Waals surface area contributed by atoms with Crippen molar-refractivity contribution in [3.8, 4) is 5.75 Å². The topological polar surface area (TPSA) is 80.3 Å². The number of benzene rings is 2. The molecule has 0 bridgehead atoms. The van der Waals surface area contributed by atoms with Gasteiger partial charge in [0.1, 0.15) is 5.75 Å². The number of hydrogen-bond acceptors (Lipinski definition) is 4. The predicted molar refractivity (Wildman–Crippen MR) is 121 cm³/mol. The van der Waals surface area contributed by atoms with E-state index in [0.717, 1.165) is 16.7 Å². The van der Waals surface area contributed by atoms with Gasteiger partial charge in [0.15, 0.2) is 6.61 Å². The molecule has 0 saturated carbocycles. The highest BCUT2D eigenvalue weighted by Gasteiger charge is 2.15. The summed E-state index contributed by atoms with van der Waals surface area (Å²) in [7, 11) is 0. The average molecular weight is 418 g/mol. The van der Waals surface area contributed by atoms with Gasteiger partial charge in [0.2, 0.25) is 0 Å². The SMILES string of the molecule is Cc1ccc(C(C)C)c(OCC(=O)Nc2ccccc2C(=O)NCc2cccnc2)c1. The molecule has 0 aliphatic heterocycles. The lowest BCUT2D eigenvalue weighted by Gasteiger charge is -2.15. The van der Waals surface area contributed by atoms with Crippen LogP contribution in [0.3, 0.4) is 0 Å². The van der Waals surface area contributed by atoms with E-state index in [0.29, 0.717) is 23.5 Å². The molecule has 1 heterocycles. The van der Waals surface area contributed by atoms with Gasteiger partial charge in [-0.25, -0.2) is 0 Å². The molecule has 0 unspecified atom stereocenters. The zero-order chi connectivity index (χ0) is 22.2. The molecule has 0 aliphatic carbocycles. The maximum absolute atomic E-state index is 12.6. The summed E-state index contributed by atoms with van der Waals surface area (Å²) >= 11 is 0. The number of rotatable bonds is 8. The van der Waals surface area contributed by atoms with Gasteiger partial charge < -0.3 is 15.4 Å². The third-order valence-electron chi connectivity index (χ3n) is 4.77. The van der Waals surface area contributed by atoms with Crippen molar-refractivity contribution in [3.63, 3.8) is 0 Å². The van der Waals surface area contributed by atoms with Gasteiger partial charge in [-0.1, -0.05) is 44.2 Å². The van der Waals surface area contributed by atoms with Crippen LogP contribution >= 0.6 is 0 Å². The molecular formula is C25H27N3O3. The summed E-state index contributed by atoms with van der Waals surface area (Å²) in [5.74, 6) is 0.376. The van der Waals surface area contributed by atoms with Gasteiger partial charge >= 0.3 is 0 Å². The number of carbonyl (C=O) groups excluding carboxylic acids is 2. The lowest BCUT2D eigenvalue weighted by atomic mass is 10.0. The second kappa shape index (κ2) is 10.4. The fourth-order valence-corrected chi connectivity index (χ4v) is 3.14. The molecule has 0 atom stereocenters. The van der Waals surface area contributed by atoms with Crippen LogP contribution < -0.4 is 15.4 Å². The maximum atomic E-state index is 12.6. The van der Waals surface area contributed by atoms with Crippen molar-refractivity contribution in [2.45, 2.75) is 33.2 Å². The van der Waals surface area contributed by atoms with Crippen LogP contribution in [-0.2, 0) is 11.3 Å². The first-order valence-corrected chi connectivity index (χ1v) is 10.2. The van der Waals surface area contributed by atoms with E-state index in [-0.39, 0.29) is 24.3 Å². The van der Waals surface area contributed by atoms with E-state index in [2.05, 4.69) is 29.5 Å². The number of nitrogens with one attached hydrogen (secondary N) is 2. The zero-order valence-corrected chi connectivity index (χ0v) is 18.0. The molecule has 0 fully saturated rings. The highest BCUT2D eigenvalue weighted by atomic mass is 16.5. The smallest absolute Gasteiger partial charge is 0.262 e. The molecule has 2 N–H and O–H groups in total. The number of amides is 2. The Labute approximate surface area is 182 Å². The van der Waals surface area contributed by atoms with Gasteiger partial charge in [-0.3, -0.25) is 14.6 Å². The first-order valence-electron chi connectivity index (χ1n) is 10.2. The number of aromatic nitrogens is 1. The molecule has 3 aromatic rings. The molecule has 6 nitrogen and oxygen atoms in total. The highest BCUT2D eigenvalue weighted by Crippen LogP contribution is 2.27. The van der Waals surface area contributed by atoms with Crippen molar-refractivity contribution in [1.82, 2.24) is 10.3 Å². The molecule has 160 valence electrons. The second-order valence-corrected chi connectivity index (χ2v) is 7.62. The Kier molecular flexibility index (Phi) is 7.38. The van der Waals surface area contributed by atoms with Gasteiger partial charge in [-0.2, -0.15) is 0 Å². The summed E-state index contributed by atoms with van der Waals surface area (Å²) in [5.41, 5.74) is 3.83. The number of pyridine rings is 1. The Hall–Kier alpha value is -3.67. The largest absolute Gasteiger partial charge is 0.483 e. The van der Waals surface area contributed by atoms with Gasteiger partial charge in [0.25, 0.3) is 11.8 Å². The van der Waals surface area contributed by atoms with Crippen molar-refractivity contribution in [3.05, 3.63) is 89.2 Å². The van der Waals surface area contributed by atoms with Crippen molar-refractivity contribution < 1.29 is 14.3 Å². The molecule has 2 amide bonds. The molecule has 0 saturated heterocycles. The number of aryl methyl sites for hydroxylation is 1. The summed E-state index contributed by atoms with van der Waals surface area (Å²) in [6, 6.07) is 16.6. The number of anilines is 1. The van der Waals surface area contributed by atoms with E-state index >= 15 is 0 Å². The molecule has 0 spiro atoms. The van der Waals surface area contributed by atoms with Crippen LogP contribution in [0, 0.1) is 6.92 Å². The number of hydrogen-bond donors (Lipinski definition) is 2. The maximum Gasteiger partial charge on any atom is 0.262 e. The summed E-state index contributed by atoms with van der Waals surface area (Å²) < 4.78 is 5.80. The normalized spacial score (nSPS) is 10.6. The van der Waals surface area contributed by atoms with E-state index in [1.54, 1.807) is 36.7 Å². The molecule has 0 aliphatic rings. The summed E-state index contributed by atoms with van der Waals surface area (Å²) in [5, 5.41) is 5.64. The third-order valence-corrected chi connectivity index (χ3v) is 4.77. The van der Waals surface area contributed by atoms with Crippen LogP contribution in [0.2, 0.25) is 0 Å². The molecule has 2 aromatic carbocycles. The summed E-state index contributed by atoms with van der Waals surface area (Å²) in [6.07, 6.45) is 3.38. The van der Waals surface area contributed by atoms with Gasteiger partial charge in [0.05, 0.1) is 11.3 Å². The monoisotopic (exact) mass is 417 g/mol. The number of carbonyl (C=O) groups is 2. The predicted octanol–water partition coefficient (Wildman–Crippen LogP) is 4.46. The number of ether oxygens (including phenoxy) is 1. The zero-order valence-electron chi connectivity index (χ0n) is 18.0. The Morgan fingerprint density at radius 2 is 1.87 bits per heavy atom. The molecule has 3 rings (SSSR count). The Bertz CT molecular complexity index is 1050. The van der Waals surface area contributed by atoms with Gasteiger partial charge in [-0.15, -0.1) is 0 Å². The fourth-order valence-electron chi connectivity index (χ4n) is 3.14. The van der Waals surface area contributed by atoms with Crippen molar-refractivity contribution in [2.24, 2.45) is 0 Å². The average Bonchev–Trinajstić information content (AvgIpc) is 2.77. The van der Waals surface area contributed by atoms with Crippen LogP contribution in [-0.4, -0.2) is 23.4 Å². The van der Waals surface area contributed by atoms with E-state index in [4.69, 9.17) is 4.74 Å². The van der Waals surface area contributed by atoms with Gasteiger partial charge in [0, 0.05) is 18.9 Å². The Balaban J connectivity index is 1.63. The molecule has 1 aromatic heterocycles. The third kappa shape index (κ3) is 6.15. The lowest BCUT2D eigenvalue weighted by molar-refractivity contribution is -0.118. The van der Waals surface area contributed by atoms with Crippen molar-refractivity contribution in [2.75, 3.05) is 11.9 Å². The van der Waals surface area contributed by atoms with Crippen LogP contribution in [0.5, 0.6) is 5.75 Å². The fraction of sp³-hybridized carbons (Fsp3) is 0.240. The van der Waals surface area contributed by atoms with Crippen LogP contribution in [0.1, 0.15) is 46.8 Å². The Morgan fingerprint density at radius 1 is 1.06 bits per heavy atom. The summed E-state index contributed by atoms with van der Waals surface area (Å²) in [6.45, 7) is 6.35. The van der Waals surface area contributed by atoms with E-state index in [1.807, 2.05) is 37.3 Å². The number of nitrogens with zero attached hydrogens (tertiary/aromatic N) is 1. The first kappa shape index (κ1) is 22.0. The van der Waals surface area contributed by atoms with Crippen molar-refractivity contribution in [1.29, 1.82) is 0 Å². The minimum absolute atomic E-state index is 0.144. The molecular weight excluding hydrogens is 390 g/mol. The van der Waals surface area contributed by atoms with Crippen molar-refractivity contribution >= 4 is 17.5 Å². The molecule has 6 heteroatoms. The second-order valence-electron chi connectivity index (χ2n) is 7.62. The van der Waals surface area contributed by atoms with E-state index in [9.17, 15) is 9.59 Å². The first-order chi connectivity index (χ1) is 14.9. The van der Waals surface area contributed by atoms with Crippen LogP contribution in [0.15, 0.2) is 67.0 Å². The minimum Gasteiger partial charge on any atom is -0.483 e. The quantitative estimate of drug-likeness (QED) is 0.567. The van der Waals surface area contributed by atoms with E-state index < -0.39 is 0 Å². The summed E-state index contributed by atoms with van der Waals surface area (Å²) in [4.78, 5) is 29.2. The van der Waals surface area contributed by atoms with Crippen LogP contribution in [0.25, 0.3) is 0 Å². The minimum atomic E-state index is -0.330. The standard InChI is InChI=1S/C25H27N3O3/c1-17(2)20-11-10-18(3)13-23(20)31-16-24(29)28-22-9-5-4-8-21(22)25(30)27-15-19-7-6-12-26-14-19/h4-14,17H,15-16H2,1-3H3,(H,27,30)(H,28,29). The van der Waals surface area contributed by atoms with Crippen LogP contribution in [0.4, 0.5) is 5.69 Å².